The van der Waals surface area contributed by atoms with Crippen LogP contribution in [-0.2, 0) is 17.8 Å². The highest BCUT2D eigenvalue weighted by Crippen LogP contribution is 2.16. The maximum atomic E-state index is 5.79. The van der Waals surface area contributed by atoms with Crippen LogP contribution in [0.1, 0.15) is 44.4 Å². The van der Waals surface area contributed by atoms with Crippen LogP contribution >= 0.6 is 0 Å². The summed E-state index contributed by atoms with van der Waals surface area (Å²) in [6.07, 6.45) is 5.87. The molecule has 1 saturated heterocycles. The molecule has 20 heavy (non-hydrogen) atoms. The van der Waals surface area contributed by atoms with Gasteiger partial charge < -0.3 is 14.5 Å². The highest BCUT2D eigenvalue weighted by molar-refractivity contribution is 5.16. The maximum absolute atomic E-state index is 5.79. The third kappa shape index (κ3) is 4.93. The quantitative estimate of drug-likeness (QED) is 0.833. The molecule has 1 aromatic heterocycles. The second kappa shape index (κ2) is 7.81. The van der Waals surface area contributed by atoms with Crippen molar-refractivity contribution in [2.45, 2.75) is 58.3 Å². The fourth-order valence-corrected chi connectivity index (χ4v) is 2.59. The third-order valence-electron chi connectivity index (χ3n) is 3.74. The van der Waals surface area contributed by atoms with E-state index in [4.69, 9.17) is 9.15 Å². The van der Waals surface area contributed by atoms with E-state index in [9.17, 15) is 0 Å². The van der Waals surface area contributed by atoms with Crippen LogP contribution in [0, 0.1) is 0 Å². The first-order valence-corrected chi connectivity index (χ1v) is 7.74. The van der Waals surface area contributed by atoms with E-state index in [0.717, 1.165) is 32.0 Å². The molecule has 4 heteroatoms. The fourth-order valence-electron chi connectivity index (χ4n) is 2.59. The van der Waals surface area contributed by atoms with Gasteiger partial charge in [-0.15, -0.1) is 0 Å². The van der Waals surface area contributed by atoms with E-state index in [1.54, 1.807) is 6.26 Å². The highest BCUT2D eigenvalue weighted by atomic mass is 16.5. The van der Waals surface area contributed by atoms with Crippen LogP contribution in [0.4, 0.5) is 0 Å². The predicted molar refractivity (Wildman–Crippen MR) is 80.6 cm³/mol. The van der Waals surface area contributed by atoms with Crippen molar-refractivity contribution in [2.75, 3.05) is 20.2 Å². The lowest BCUT2D eigenvalue weighted by Gasteiger charge is -2.27. The Morgan fingerprint density at radius 1 is 1.40 bits per heavy atom. The summed E-state index contributed by atoms with van der Waals surface area (Å²) in [4.78, 5) is 2.30. The van der Waals surface area contributed by atoms with Gasteiger partial charge in [-0.2, -0.15) is 0 Å². The normalized spacial score (nSPS) is 19.9. The number of furan rings is 1. The van der Waals surface area contributed by atoms with Crippen molar-refractivity contribution in [3.63, 3.8) is 0 Å². The van der Waals surface area contributed by atoms with Crippen molar-refractivity contribution in [3.8, 4) is 0 Å². The third-order valence-corrected chi connectivity index (χ3v) is 3.74. The summed E-state index contributed by atoms with van der Waals surface area (Å²) in [7, 11) is 2.14. The van der Waals surface area contributed by atoms with Gasteiger partial charge in [-0.05, 0) is 32.4 Å². The highest BCUT2D eigenvalue weighted by Gasteiger charge is 2.17. The lowest BCUT2D eigenvalue weighted by molar-refractivity contribution is -0.00343. The summed E-state index contributed by atoms with van der Waals surface area (Å²) >= 11 is 0. The molecule has 2 rings (SSSR count). The standard InChI is InChI=1S/C16H28N2O2/c1-13(2)17-10-14-7-9-20-16(14)12-18(3)11-15-6-4-5-8-19-15/h7,9,13,15,17H,4-6,8,10-12H2,1-3H3. The molecule has 1 atom stereocenters. The first-order valence-electron chi connectivity index (χ1n) is 7.74. The van der Waals surface area contributed by atoms with Gasteiger partial charge in [0.2, 0.25) is 0 Å². The summed E-state index contributed by atoms with van der Waals surface area (Å²) < 4.78 is 11.4. The van der Waals surface area contributed by atoms with Crippen molar-refractivity contribution in [1.29, 1.82) is 0 Å². The Morgan fingerprint density at radius 2 is 2.25 bits per heavy atom. The Kier molecular flexibility index (Phi) is 6.07. The minimum atomic E-state index is 0.390. The molecule has 2 heterocycles. The largest absolute Gasteiger partial charge is 0.468 e. The summed E-state index contributed by atoms with van der Waals surface area (Å²) in [5.74, 6) is 1.07. The lowest BCUT2D eigenvalue weighted by atomic mass is 10.1. The number of likely N-dealkylation sites (N-methyl/N-ethyl adjacent to an activating group) is 1. The number of hydrogen-bond donors (Lipinski definition) is 1. The minimum absolute atomic E-state index is 0.390. The van der Waals surface area contributed by atoms with E-state index in [1.807, 2.05) is 0 Å². The Hall–Kier alpha value is -0.840. The molecule has 1 aromatic rings. The van der Waals surface area contributed by atoms with Crippen molar-refractivity contribution in [3.05, 3.63) is 23.7 Å². The molecule has 1 aliphatic rings. The van der Waals surface area contributed by atoms with Gasteiger partial charge in [0.15, 0.2) is 0 Å². The molecular formula is C16H28N2O2. The summed E-state index contributed by atoms with van der Waals surface area (Å²) in [5.41, 5.74) is 1.26. The molecule has 114 valence electrons. The van der Waals surface area contributed by atoms with Crippen molar-refractivity contribution >= 4 is 0 Å². The minimum Gasteiger partial charge on any atom is -0.468 e. The van der Waals surface area contributed by atoms with Gasteiger partial charge in [-0.25, -0.2) is 0 Å². The van der Waals surface area contributed by atoms with E-state index in [-0.39, 0.29) is 0 Å². The molecule has 1 N–H and O–H groups in total. The van der Waals surface area contributed by atoms with Gasteiger partial charge in [0.1, 0.15) is 5.76 Å². The van der Waals surface area contributed by atoms with Crippen LogP contribution in [-0.4, -0.2) is 37.2 Å². The van der Waals surface area contributed by atoms with Gasteiger partial charge in [0.25, 0.3) is 0 Å². The van der Waals surface area contributed by atoms with E-state index >= 15 is 0 Å². The predicted octanol–water partition coefficient (Wildman–Crippen LogP) is 2.78. The number of hydrogen-bond acceptors (Lipinski definition) is 4. The summed E-state index contributed by atoms with van der Waals surface area (Å²) in [5, 5.41) is 3.44. The first kappa shape index (κ1) is 15.5. The average Bonchev–Trinajstić information content (AvgIpc) is 2.84. The topological polar surface area (TPSA) is 37.6 Å². The Bertz CT molecular complexity index is 384. The smallest absolute Gasteiger partial charge is 0.122 e. The Labute approximate surface area is 122 Å². The number of nitrogens with zero attached hydrogens (tertiary/aromatic N) is 1. The van der Waals surface area contributed by atoms with Gasteiger partial charge in [0.05, 0.1) is 18.9 Å². The molecule has 0 radical (unpaired) electrons. The van der Waals surface area contributed by atoms with Crippen LogP contribution in [0.2, 0.25) is 0 Å². The van der Waals surface area contributed by atoms with Crippen LogP contribution in [0.3, 0.4) is 0 Å². The van der Waals surface area contributed by atoms with Gasteiger partial charge in [-0.3, -0.25) is 4.90 Å². The molecule has 0 aliphatic carbocycles. The zero-order valence-corrected chi connectivity index (χ0v) is 13.0. The Balaban J connectivity index is 1.81. The first-order chi connectivity index (χ1) is 9.65. The monoisotopic (exact) mass is 280 g/mol. The fraction of sp³-hybridized carbons (Fsp3) is 0.750. The molecule has 0 amide bonds. The molecule has 0 aromatic carbocycles. The van der Waals surface area contributed by atoms with Crippen LogP contribution in [0.5, 0.6) is 0 Å². The van der Waals surface area contributed by atoms with Crippen LogP contribution in [0.15, 0.2) is 16.7 Å². The lowest BCUT2D eigenvalue weighted by Crippen LogP contribution is -2.33. The van der Waals surface area contributed by atoms with E-state index in [2.05, 4.69) is 37.2 Å². The SMILES string of the molecule is CC(C)NCc1ccoc1CN(C)CC1CCCCO1. The van der Waals surface area contributed by atoms with Crippen LogP contribution in [0.25, 0.3) is 0 Å². The molecule has 0 spiro atoms. The van der Waals surface area contributed by atoms with Gasteiger partial charge in [0, 0.05) is 31.3 Å². The van der Waals surface area contributed by atoms with Gasteiger partial charge in [-0.1, -0.05) is 13.8 Å². The van der Waals surface area contributed by atoms with E-state index < -0.39 is 0 Å². The van der Waals surface area contributed by atoms with Crippen molar-refractivity contribution in [1.82, 2.24) is 10.2 Å². The summed E-state index contributed by atoms with van der Waals surface area (Å²) in [6, 6.07) is 2.56. The molecule has 0 bridgehead atoms. The van der Waals surface area contributed by atoms with Gasteiger partial charge >= 0.3 is 0 Å². The molecular weight excluding hydrogens is 252 g/mol. The molecule has 1 unspecified atom stereocenters. The number of ether oxygens (including phenoxy) is 1. The molecule has 1 fully saturated rings. The van der Waals surface area contributed by atoms with Crippen molar-refractivity contribution < 1.29 is 9.15 Å². The summed E-state index contributed by atoms with van der Waals surface area (Å²) in [6.45, 7) is 7.94. The molecule has 0 saturated carbocycles. The second-order valence-corrected chi connectivity index (χ2v) is 6.09. The van der Waals surface area contributed by atoms with Crippen molar-refractivity contribution in [2.24, 2.45) is 0 Å². The average molecular weight is 280 g/mol. The van der Waals surface area contributed by atoms with E-state index in [0.29, 0.717) is 12.1 Å². The van der Waals surface area contributed by atoms with E-state index in [1.165, 1.54) is 24.8 Å². The number of nitrogens with one attached hydrogen (secondary N) is 1. The molecule has 1 aliphatic heterocycles. The zero-order chi connectivity index (χ0) is 14.4. The Morgan fingerprint density at radius 3 is 2.95 bits per heavy atom. The maximum Gasteiger partial charge on any atom is 0.122 e. The zero-order valence-electron chi connectivity index (χ0n) is 13.0. The molecule has 4 nitrogen and oxygen atoms in total. The second-order valence-electron chi connectivity index (χ2n) is 6.09. The number of rotatable bonds is 7. The van der Waals surface area contributed by atoms with Crippen LogP contribution < -0.4 is 5.32 Å².